The van der Waals surface area contributed by atoms with E-state index in [2.05, 4.69) is 31.3 Å². The Morgan fingerprint density at radius 3 is 1.82 bits per heavy atom. The van der Waals surface area contributed by atoms with Crippen LogP contribution in [0.2, 0.25) is 25.1 Å². The summed E-state index contributed by atoms with van der Waals surface area (Å²) in [6.07, 6.45) is 6.86. The molecule has 0 saturated carbocycles. The summed E-state index contributed by atoms with van der Waals surface area (Å²) in [5.74, 6) is 0. The maximum absolute atomic E-state index is 9.33. The van der Waals surface area contributed by atoms with Crippen molar-refractivity contribution in [1.82, 2.24) is 19.9 Å². The molecular weight excluding hydrogens is 754 g/mol. The Kier molecular flexibility index (Phi) is 12.6. The van der Waals surface area contributed by atoms with Crippen LogP contribution < -0.4 is 11.1 Å². The van der Waals surface area contributed by atoms with E-state index in [1.54, 1.807) is 59.9 Å². The molecule has 8 nitrogen and oxygen atoms in total. The van der Waals surface area contributed by atoms with Crippen LogP contribution in [0.3, 0.4) is 0 Å². The predicted molar refractivity (Wildman–Crippen MR) is 193 cm³/mol. The molecule has 0 aliphatic carbocycles. The van der Waals surface area contributed by atoms with Gasteiger partial charge in [-0.05, 0) is 48.9 Å². The second-order valence-corrected chi connectivity index (χ2v) is 14.5. The van der Waals surface area contributed by atoms with E-state index >= 15 is 0 Å². The molecule has 6 rings (SSSR count). The Morgan fingerprint density at radius 2 is 1.29 bits per heavy atom. The van der Waals surface area contributed by atoms with Gasteiger partial charge in [0, 0.05) is 22.4 Å². The smallest absolute Gasteiger partial charge is 0.173 e. The minimum absolute atomic E-state index is 0.399. The normalized spacial score (nSPS) is 10.3. The third-order valence-corrected chi connectivity index (χ3v) is 11.2. The second kappa shape index (κ2) is 16.2. The number of nitrogens with zero attached hydrogens (tertiary/aromatic N) is 6. The first-order valence-electron chi connectivity index (χ1n) is 12.1. The zero-order chi connectivity index (χ0) is 32.7. The predicted octanol–water partition coefficient (Wildman–Crippen LogP) is 10.8. The summed E-state index contributed by atoms with van der Waals surface area (Å²) in [5.41, 5.74) is 9.36. The van der Waals surface area contributed by atoms with Crippen molar-refractivity contribution in [1.29, 1.82) is 10.5 Å². The number of nitriles is 2. The summed E-state index contributed by atoms with van der Waals surface area (Å²) < 4.78 is 3.41. The van der Waals surface area contributed by atoms with E-state index in [4.69, 9.17) is 69.0 Å². The minimum Gasteiger partial charge on any atom is -0.398 e. The van der Waals surface area contributed by atoms with Gasteiger partial charge in [-0.1, -0.05) is 81.5 Å². The maximum Gasteiger partial charge on any atom is 0.173 e. The number of thioether (sulfide) groups is 2. The van der Waals surface area contributed by atoms with Crippen LogP contribution in [0.4, 0.5) is 17.1 Å². The van der Waals surface area contributed by atoms with Gasteiger partial charge in [-0.25, -0.2) is 19.9 Å². The van der Waals surface area contributed by atoms with Crippen LogP contribution in [0.1, 0.15) is 11.1 Å². The van der Waals surface area contributed by atoms with Crippen LogP contribution in [0.25, 0.3) is 20.7 Å². The highest BCUT2D eigenvalue weighted by molar-refractivity contribution is 8.00. The molecular formula is C28H17Cl5N8S4. The summed E-state index contributed by atoms with van der Waals surface area (Å²) in [6.45, 7) is 0. The Balaban J connectivity index is 0.000000171. The second-order valence-electron chi connectivity index (χ2n) is 8.34. The molecule has 2 aromatic carbocycles. The van der Waals surface area contributed by atoms with E-state index in [-0.39, 0.29) is 0 Å². The Bertz CT molecular complexity index is 2090. The molecule has 4 heterocycles. The number of aromatic nitrogens is 4. The Morgan fingerprint density at radius 1 is 0.756 bits per heavy atom. The fourth-order valence-corrected chi connectivity index (χ4v) is 7.51. The molecule has 3 N–H and O–H groups in total. The van der Waals surface area contributed by atoms with Crippen molar-refractivity contribution >= 4 is 142 Å². The van der Waals surface area contributed by atoms with Gasteiger partial charge in [-0.3, -0.25) is 0 Å². The lowest BCUT2D eigenvalue weighted by Gasteiger charge is -2.10. The number of nitrogens with two attached hydrogens (primary N) is 1. The topological polar surface area (TPSA) is 137 Å². The monoisotopic (exact) mass is 768 g/mol. The summed E-state index contributed by atoms with van der Waals surface area (Å²) in [4.78, 5) is 16.9. The number of nitrogens with one attached hydrogen (secondary N) is 1. The van der Waals surface area contributed by atoms with Gasteiger partial charge in [0.25, 0.3) is 0 Å². The molecule has 0 spiro atoms. The van der Waals surface area contributed by atoms with E-state index < -0.39 is 0 Å². The van der Waals surface area contributed by atoms with Gasteiger partial charge in [0.2, 0.25) is 0 Å². The molecule has 0 aliphatic rings. The number of hydrogen-bond donors (Lipinski definition) is 2. The lowest BCUT2D eigenvalue weighted by Crippen LogP contribution is -1.96. The van der Waals surface area contributed by atoms with E-state index in [0.29, 0.717) is 64.6 Å². The lowest BCUT2D eigenvalue weighted by molar-refractivity contribution is 1.23. The third kappa shape index (κ3) is 8.74. The fraction of sp³-hybridized carbons (Fsp3) is 0.0714. The van der Waals surface area contributed by atoms with Gasteiger partial charge in [0.15, 0.2) is 20.0 Å². The Labute approximate surface area is 299 Å². The molecule has 228 valence electrons. The van der Waals surface area contributed by atoms with Crippen molar-refractivity contribution in [2.24, 2.45) is 0 Å². The average Bonchev–Trinajstić information content (AvgIpc) is 3.66. The zero-order valence-electron chi connectivity index (χ0n) is 22.9. The molecule has 4 aromatic heterocycles. The highest BCUT2D eigenvalue weighted by Gasteiger charge is 2.15. The summed E-state index contributed by atoms with van der Waals surface area (Å²) in [5, 5.41) is 23.9. The molecule has 0 amide bonds. The number of pyridine rings is 2. The van der Waals surface area contributed by atoms with E-state index in [0.717, 1.165) is 18.1 Å². The minimum atomic E-state index is 0.399. The van der Waals surface area contributed by atoms with Crippen LogP contribution in [-0.4, -0.2) is 32.4 Å². The van der Waals surface area contributed by atoms with Crippen LogP contribution in [0.5, 0.6) is 0 Å². The lowest BCUT2D eigenvalue weighted by atomic mass is 10.2. The summed E-state index contributed by atoms with van der Waals surface area (Å²) >= 11 is 35.3. The Hall–Kier alpha value is -2.75. The standard InChI is InChI=1S/C14H8Cl2N4S2.C8H4ClN3S2.C6H5Cl2N/c1-21-14-20-13-12(22-14)11(7(5-17)6-18-13)19-10-3-2-8(15)4-9(10)16;1-13-8-12-7-6(14-8)5(9)4(2-10)3-11-7;7-4-1-2-6(9)5(8)3-4/h2-4,6H,1H3,(H,18,19);3H,1H3;1-3H,9H2. The first-order valence-corrected chi connectivity index (χ1v) is 18.1. The van der Waals surface area contributed by atoms with Crippen molar-refractivity contribution in [3.63, 3.8) is 0 Å². The highest BCUT2D eigenvalue weighted by Crippen LogP contribution is 2.38. The number of nitrogen functional groups attached to an aromatic ring is 1. The molecule has 0 unspecified atom stereocenters. The molecule has 0 fully saturated rings. The van der Waals surface area contributed by atoms with Crippen LogP contribution >= 0.6 is 104 Å². The quantitative estimate of drug-likeness (QED) is 0.132. The largest absolute Gasteiger partial charge is 0.398 e. The highest BCUT2D eigenvalue weighted by atomic mass is 35.5. The molecule has 0 radical (unpaired) electrons. The first kappa shape index (κ1) is 35.1. The van der Waals surface area contributed by atoms with Crippen LogP contribution in [0.15, 0.2) is 57.5 Å². The molecule has 0 atom stereocenters. The molecule has 0 bridgehead atoms. The number of rotatable bonds is 4. The van der Waals surface area contributed by atoms with Gasteiger partial charge >= 0.3 is 0 Å². The van der Waals surface area contributed by atoms with E-state index in [1.807, 2.05) is 18.6 Å². The van der Waals surface area contributed by atoms with Crippen molar-refractivity contribution in [3.05, 3.63) is 85.0 Å². The number of anilines is 3. The molecule has 0 aliphatic heterocycles. The van der Waals surface area contributed by atoms with Crippen molar-refractivity contribution in [3.8, 4) is 12.1 Å². The van der Waals surface area contributed by atoms with Gasteiger partial charge < -0.3 is 11.1 Å². The van der Waals surface area contributed by atoms with Gasteiger partial charge in [-0.2, -0.15) is 10.5 Å². The maximum atomic E-state index is 9.33. The summed E-state index contributed by atoms with van der Waals surface area (Å²) in [7, 11) is 0. The number of fused-ring (bicyclic) bond motifs is 2. The van der Waals surface area contributed by atoms with Crippen molar-refractivity contribution in [2.45, 2.75) is 8.68 Å². The van der Waals surface area contributed by atoms with Crippen LogP contribution in [0, 0.1) is 22.7 Å². The number of benzene rings is 2. The molecule has 0 saturated heterocycles. The number of halogens is 5. The fourth-order valence-electron chi connectivity index (χ4n) is 3.37. The van der Waals surface area contributed by atoms with Gasteiger partial charge in [0.1, 0.15) is 12.1 Å². The number of hydrogen-bond acceptors (Lipinski definition) is 12. The van der Waals surface area contributed by atoms with Crippen molar-refractivity contribution < 1.29 is 0 Å². The van der Waals surface area contributed by atoms with Crippen LogP contribution in [-0.2, 0) is 0 Å². The van der Waals surface area contributed by atoms with Gasteiger partial charge in [0.05, 0.1) is 52.7 Å². The third-order valence-electron chi connectivity index (χ3n) is 5.49. The zero-order valence-corrected chi connectivity index (χ0v) is 29.9. The van der Waals surface area contributed by atoms with Gasteiger partial charge in [-0.15, -0.1) is 22.7 Å². The molecule has 17 heteroatoms. The SMILES string of the molecule is CSc1nc2ncc(C#N)c(Cl)c2s1.CSc1nc2ncc(C#N)c(Nc3ccc(Cl)cc3Cl)c2s1.Nc1ccc(Cl)cc1Cl. The number of thiazole rings is 2. The molecule has 45 heavy (non-hydrogen) atoms. The average molecular weight is 771 g/mol. The molecule has 6 aromatic rings. The summed E-state index contributed by atoms with van der Waals surface area (Å²) in [6, 6.07) is 14.3. The first-order chi connectivity index (χ1) is 21.6. The van der Waals surface area contributed by atoms with E-state index in [9.17, 15) is 5.26 Å². The van der Waals surface area contributed by atoms with Crippen molar-refractivity contribution in [2.75, 3.05) is 23.6 Å². The van der Waals surface area contributed by atoms with E-state index in [1.165, 1.54) is 35.1 Å².